The molecule has 2 N–H and O–H groups in total. The van der Waals surface area contributed by atoms with Crippen molar-refractivity contribution >= 4 is 76.1 Å². The van der Waals surface area contributed by atoms with Gasteiger partial charge < -0.3 is 15.1 Å². The monoisotopic (exact) mass is 659 g/mol. The van der Waals surface area contributed by atoms with Gasteiger partial charge in [-0.15, -0.1) is 11.3 Å². The van der Waals surface area contributed by atoms with Crippen molar-refractivity contribution in [3.05, 3.63) is 182 Å². The fourth-order valence-corrected chi connectivity index (χ4v) is 5.71. The zero-order valence-electron chi connectivity index (χ0n) is 26.3. The third-order valence-electron chi connectivity index (χ3n) is 7.34. The topological polar surface area (TPSA) is 86.6 Å². The predicted octanol–water partition coefficient (Wildman–Crippen LogP) is 10.6. The van der Waals surface area contributed by atoms with Crippen molar-refractivity contribution < 1.29 is 19.8 Å². The number of carboxylic acids is 2. The lowest BCUT2D eigenvalue weighted by molar-refractivity contribution is -0.133. The molecule has 1 heterocycles. The van der Waals surface area contributed by atoms with E-state index in [1.165, 1.54) is 17.0 Å². The van der Waals surface area contributed by atoms with Crippen LogP contribution in [-0.4, -0.2) is 22.2 Å². The molecule has 0 aliphatic rings. The summed E-state index contributed by atoms with van der Waals surface area (Å²) in [6, 6.07) is 35.5. The lowest BCUT2D eigenvalue weighted by Crippen LogP contribution is -2.08. The Labute approximate surface area is 288 Å². The summed E-state index contributed by atoms with van der Waals surface area (Å²) in [6.45, 7) is 16.1. The maximum atomic E-state index is 11.1. The van der Waals surface area contributed by atoms with Gasteiger partial charge in [0, 0.05) is 16.3 Å². The van der Waals surface area contributed by atoms with Crippen LogP contribution in [0.15, 0.2) is 121 Å². The molecule has 7 nitrogen and oxygen atoms in total. The molecular formula is C41H29N3O4S. The molecule has 4 aromatic carbocycles. The summed E-state index contributed by atoms with van der Waals surface area (Å²) in [5.41, 5.74) is 6.64. The number of rotatable bonds is 11. The molecule has 0 spiro atoms. The van der Waals surface area contributed by atoms with Crippen molar-refractivity contribution in [3.63, 3.8) is 0 Å². The summed E-state index contributed by atoms with van der Waals surface area (Å²) in [5, 5.41) is 19.2. The first-order valence-electron chi connectivity index (χ1n) is 15.0. The highest BCUT2D eigenvalue weighted by Gasteiger charge is 2.14. The van der Waals surface area contributed by atoms with Crippen molar-refractivity contribution in [2.24, 2.45) is 0 Å². The number of benzene rings is 4. The molecule has 1 aromatic heterocycles. The molecule has 0 saturated heterocycles. The highest BCUT2D eigenvalue weighted by molar-refractivity contribution is 7.16. The van der Waals surface area contributed by atoms with Gasteiger partial charge in [0.15, 0.2) is 0 Å². The van der Waals surface area contributed by atoms with Crippen molar-refractivity contribution in [1.29, 1.82) is 0 Å². The molecule has 8 heteroatoms. The first-order valence-corrected chi connectivity index (χ1v) is 15.8. The van der Waals surface area contributed by atoms with Gasteiger partial charge in [-0.1, -0.05) is 97.1 Å². The summed E-state index contributed by atoms with van der Waals surface area (Å²) in [5.74, 6) is -2.48. The quantitative estimate of drug-likeness (QED) is 0.0837. The number of hydrogen-bond acceptors (Lipinski definition) is 4. The van der Waals surface area contributed by atoms with Gasteiger partial charge in [-0.25, -0.2) is 9.69 Å². The van der Waals surface area contributed by atoms with Crippen LogP contribution in [0.3, 0.4) is 0 Å². The molecule has 0 amide bonds. The first-order chi connectivity index (χ1) is 23.7. The van der Waals surface area contributed by atoms with Crippen molar-refractivity contribution in [3.8, 4) is 0 Å². The highest BCUT2D eigenvalue weighted by atomic mass is 32.1. The third kappa shape index (κ3) is 8.96. The molecule has 5 rings (SSSR count). The average Bonchev–Trinajstić information content (AvgIpc) is 3.54. The fraction of sp³-hybridized carbons (Fsp3) is 0.0244. The lowest BCUT2D eigenvalue weighted by Gasteiger charge is -2.24. The van der Waals surface area contributed by atoms with Crippen LogP contribution in [0.1, 0.15) is 38.3 Å². The van der Waals surface area contributed by atoms with E-state index < -0.39 is 11.9 Å². The highest BCUT2D eigenvalue weighted by Crippen LogP contribution is 2.39. The van der Waals surface area contributed by atoms with Crippen molar-refractivity contribution in [2.75, 3.05) is 4.90 Å². The summed E-state index contributed by atoms with van der Waals surface area (Å²) in [4.78, 5) is 31.7. The van der Waals surface area contributed by atoms with E-state index in [2.05, 4.69) is 82.2 Å². The van der Waals surface area contributed by atoms with Crippen LogP contribution in [-0.2, 0) is 9.59 Å². The number of nitrogens with zero attached hydrogens (tertiary/aromatic N) is 3. The minimum Gasteiger partial charge on any atom is -0.486 e. The number of thiophene rings is 1. The second-order valence-electron chi connectivity index (χ2n) is 10.8. The molecule has 0 saturated carbocycles. The fourth-order valence-electron chi connectivity index (χ4n) is 4.81. The van der Waals surface area contributed by atoms with Gasteiger partial charge in [-0.05, 0) is 88.9 Å². The second-order valence-corrected chi connectivity index (χ2v) is 12.1. The minimum absolute atomic E-state index is 0.324. The number of carbonyl (C=O) groups is 2. The van der Waals surface area contributed by atoms with E-state index in [1.807, 2.05) is 48.6 Å². The van der Waals surface area contributed by atoms with Crippen LogP contribution in [0.25, 0.3) is 46.1 Å². The number of hydrogen-bond donors (Lipinski definition) is 2. The van der Waals surface area contributed by atoms with Gasteiger partial charge in [0.25, 0.3) is 11.4 Å². The van der Waals surface area contributed by atoms with E-state index in [0.29, 0.717) is 11.1 Å². The van der Waals surface area contributed by atoms with Crippen molar-refractivity contribution in [1.82, 2.24) is 0 Å². The molecule has 0 atom stereocenters. The SMILES string of the molecule is [C-]#[N+]C(=Cc1ccc(C=Cc2ccc(N(c3ccc(C=Cc4ccc(C=C([N+]#[C-])C(=O)O)cc4)cc3)c3ccc(C)s3)cc2)cc1)C(=O)O. The van der Waals surface area contributed by atoms with E-state index in [0.717, 1.165) is 38.6 Å². The van der Waals surface area contributed by atoms with Gasteiger partial charge >= 0.3 is 11.9 Å². The Morgan fingerprint density at radius 1 is 0.551 bits per heavy atom. The standard InChI is InChI=1S/C41H29N3O4S/c1-28-4-25-39(49-28)44(35-21-17-31(18-22-35)7-5-29-9-13-33(14-10-29)26-37(42-2)40(45)46)36-23-19-32(20-24-36)8-6-30-11-15-34(16-12-30)27-38(43-3)41(47)48/h4-27H,1H3,(H,45,46)(H,47,48). The second kappa shape index (κ2) is 15.7. The molecule has 0 radical (unpaired) electrons. The summed E-state index contributed by atoms with van der Waals surface area (Å²) < 4.78 is 0. The number of aryl methyl sites for hydroxylation is 1. The maximum absolute atomic E-state index is 11.1. The largest absolute Gasteiger partial charge is 0.486 e. The summed E-state index contributed by atoms with van der Waals surface area (Å²) >= 11 is 1.72. The smallest absolute Gasteiger partial charge is 0.333 e. The Balaban J connectivity index is 1.31. The minimum atomic E-state index is -1.24. The molecule has 0 unspecified atom stereocenters. The summed E-state index contributed by atoms with van der Waals surface area (Å²) in [7, 11) is 0. The van der Waals surface area contributed by atoms with E-state index in [1.54, 1.807) is 35.6 Å². The van der Waals surface area contributed by atoms with Crippen LogP contribution in [0, 0.1) is 20.1 Å². The molecule has 49 heavy (non-hydrogen) atoms. The average molecular weight is 660 g/mol. The van der Waals surface area contributed by atoms with E-state index >= 15 is 0 Å². The van der Waals surface area contributed by atoms with Crippen LogP contribution < -0.4 is 4.90 Å². The number of carboxylic acid groups (broad SMARTS) is 2. The van der Waals surface area contributed by atoms with Gasteiger partial charge in [0.1, 0.15) is 5.00 Å². The molecule has 0 fully saturated rings. The molecular weight excluding hydrogens is 631 g/mol. The normalized spacial score (nSPS) is 11.7. The number of aliphatic carboxylic acids is 2. The van der Waals surface area contributed by atoms with Gasteiger partial charge in [-0.2, -0.15) is 0 Å². The van der Waals surface area contributed by atoms with Gasteiger partial charge in [0.05, 0.1) is 13.1 Å². The predicted molar refractivity (Wildman–Crippen MR) is 199 cm³/mol. The Hall–Kier alpha value is -6.74. The third-order valence-corrected chi connectivity index (χ3v) is 8.33. The number of anilines is 3. The van der Waals surface area contributed by atoms with Crippen LogP contribution in [0.2, 0.25) is 0 Å². The van der Waals surface area contributed by atoms with Crippen LogP contribution in [0.5, 0.6) is 0 Å². The van der Waals surface area contributed by atoms with Crippen LogP contribution >= 0.6 is 11.3 Å². The Bertz CT molecular complexity index is 2040. The van der Waals surface area contributed by atoms with Crippen molar-refractivity contribution in [2.45, 2.75) is 6.92 Å². The zero-order valence-corrected chi connectivity index (χ0v) is 27.1. The Morgan fingerprint density at radius 2 is 0.878 bits per heavy atom. The van der Waals surface area contributed by atoms with Gasteiger partial charge in [0.2, 0.25) is 0 Å². The molecule has 0 bridgehead atoms. The lowest BCUT2D eigenvalue weighted by atomic mass is 10.1. The molecule has 0 aliphatic heterocycles. The van der Waals surface area contributed by atoms with E-state index in [4.69, 9.17) is 23.4 Å². The van der Waals surface area contributed by atoms with E-state index in [9.17, 15) is 9.59 Å². The molecule has 0 aliphatic carbocycles. The summed E-state index contributed by atoms with van der Waals surface area (Å²) in [6.07, 6.45) is 10.7. The molecule has 238 valence electrons. The Morgan fingerprint density at radius 3 is 1.16 bits per heavy atom. The molecule has 5 aromatic rings. The van der Waals surface area contributed by atoms with Crippen LogP contribution in [0.4, 0.5) is 16.4 Å². The zero-order chi connectivity index (χ0) is 34.8. The van der Waals surface area contributed by atoms with Gasteiger partial charge in [-0.3, -0.25) is 9.59 Å². The van der Waals surface area contributed by atoms with E-state index in [-0.39, 0.29) is 11.4 Å². The first kappa shape index (κ1) is 33.6. The Kier molecular flexibility index (Phi) is 10.8. The maximum Gasteiger partial charge on any atom is 0.333 e.